The Morgan fingerprint density at radius 1 is 0.611 bits per heavy atom. The van der Waals surface area contributed by atoms with Crippen LogP contribution in [0, 0.1) is 45.3 Å². The van der Waals surface area contributed by atoms with Crippen molar-refractivity contribution in [2.75, 3.05) is 5.73 Å². The molecule has 0 aromatic heterocycles. The van der Waals surface area contributed by atoms with Crippen LogP contribution in [0.25, 0.3) is 33.6 Å². The van der Waals surface area contributed by atoms with Crippen LogP contribution in [0.2, 0.25) is 0 Å². The molecule has 0 heterocycles. The number of nitriles is 4. The first-order chi connectivity index (χ1) is 17.5. The molecule has 6 heteroatoms. The molecule has 0 saturated heterocycles. The van der Waals surface area contributed by atoms with Crippen molar-refractivity contribution in [1.29, 1.82) is 21.0 Å². The van der Waals surface area contributed by atoms with E-state index in [1.54, 1.807) is 30.3 Å². The summed E-state index contributed by atoms with van der Waals surface area (Å²) in [6.45, 7) is 0. The number of nitrogens with two attached hydrogens (primary N) is 2. The summed E-state index contributed by atoms with van der Waals surface area (Å²) in [7, 11) is 0. The molecule has 0 saturated carbocycles. The van der Waals surface area contributed by atoms with E-state index in [1.807, 2.05) is 30.3 Å². The Labute approximate surface area is 207 Å². The summed E-state index contributed by atoms with van der Waals surface area (Å²) in [4.78, 5) is 0. The summed E-state index contributed by atoms with van der Waals surface area (Å²) in [5.41, 5.74) is 21.5. The van der Waals surface area contributed by atoms with Crippen LogP contribution in [-0.4, -0.2) is 0 Å². The number of rotatable bonds is 2. The zero-order valence-electron chi connectivity index (χ0n) is 18.9. The fraction of sp³-hybridized carbons (Fsp3) is 0. The SMILES string of the molecule is N#C/C=C1/C(c2cccc(C3=C(C#N)c4cc(N)ccc4/C3=C\C#N)c2)=C(N)c2cc(C#N)ccc21. The number of anilines is 1. The second-order valence-electron chi connectivity index (χ2n) is 8.28. The first kappa shape index (κ1) is 22.0. The fourth-order valence-electron chi connectivity index (χ4n) is 4.88. The van der Waals surface area contributed by atoms with Gasteiger partial charge in [-0.05, 0) is 52.6 Å². The largest absolute Gasteiger partial charge is 0.399 e. The lowest BCUT2D eigenvalue weighted by Crippen LogP contribution is -1.97. The van der Waals surface area contributed by atoms with Gasteiger partial charge in [-0.1, -0.05) is 30.3 Å². The maximum Gasteiger partial charge on any atom is 0.100 e. The summed E-state index contributed by atoms with van der Waals surface area (Å²) in [6.07, 6.45) is 2.88. The highest BCUT2D eigenvalue weighted by Crippen LogP contribution is 2.49. The van der Waals surface area contributed by atoms with E-state index >= 15 is 0 Å². The van der Waals surface area contributed by atoms with Crippen molar-refractivity contribution < 1.29 is 0 Å². The van der Waals surface area contributed by atoms with Crippen molar-refractivity contribution in [2.45, 2.75) is 0 Å². The molecule has 0 radical (unpaired) electrons. The van der Waals surface area contributed by atoms with Crippen molar-refractivity contribution in [3.05, 3.63) is 112 Å². The summed E-state index contributed by atoms with van der Waals surface area (Å²) in [5, 5.41) is 38.4. The monoisotopic (exact) mass is 460 g/mol. The van der Waals surface area contributed by atoms with Crippen LogP contribution in [0.1, 0.15) is 38.9 Å². The summed E-state index contributed by atoms with van der Waals surface area (Å²) >= 11 is 0. The van der Waals surface area contributed by atoms with E-state index < -0.39 is 0 Å². The van der Waals surface area contributed by atoms with Crippen molar-refractivity contribution in [2.24, 2.45) is 5.73 Å². The highest BCUT2D eigenvalue weighted by Gasteiger charge is 2.30. The van der Waals surface area contributed by atoms with Crippen molar-refractivity contribution >= 4 is 39.2 Å². The molecule has 3 aromatic carbocycles. The van der Waals surface area contributed by atoms with Crippen molar-refractivity contribution in [3.8, 4) is 24.3 Å². The van der Waals surface area contributed by atoms with Crippen LogP contribution >= 0.6 is 0 Å². The molecule has 0 aliphatic heterocycles. The minimum absolute atomic E-state index is 0.430. The lowest BCUT2D eigenvalue weighted by atomic mass is 9.91. The van der Waals surface area contributed by atoms with Crippen LogP contribution in [-0.2, 0) is 0 Å². The number of nitrogens with zero attached hydrogens (tertiary/aromatic N) is 4. The number of hydrogen-bond acceptors (Lipinski definition) is 6. The lowest BCUT2D eigenvalue weighted by Gasteiger charge is -2.12. The molecule has 0 atom stereocenters. The van der Waals surface area contributed by atoms with E-state index in [2.05, 4.69) is 24.3 Å². The Hall–Kier alpha value is -5.82. The van der Waals surface area contributed by atoms with E-state index in [0.29, 0.717) is 55.9 Å². The van der Waals surface area contributed by atoms with Crippen molar-refractivity contribution in [1.82, 2.24) is 0 Å². The average Bonchev–Trinajstić information content (AvgIpc) is 3.35. The number of nitrogen functional groups attached to an aromatic ring is 1. The van der Waals surface area contributed by atoms with E-state index in [0.717, 1.165) is 22.3 Å². The summed E-state index contributed by atoms with van der Waals surface area (Å²) in [6, 6.07) is 26.6. The quantitative estimate of drug-likeness (QED) is 0.394. The smallest absolute Gasteiger partial charge is 0.100 e. The molecule has 0 spiro atoms. The lowest BCUT2D eigenvalue weighted by molar-refractivity contribution is 1.45. The standard InChI is InChI=1S/C30H16N6/c31-10-8-23-21-7-5-20(35)14-25(21)27(16-34)28(23)18-2-1-3-19(13-18)29-24(9-11-32)22-6-4-17(15-33)12-26(22)30(29)36/h1-9,12-14H,35-36H2/b23-8+,24-9+. The third-order valence-corrected chi connectivity index (χ3v) is 6.36. The zero-order chi connectivity index (χ0) is 25.4. The maximum absolute atomic E-state index is 10.1. The summed E-state index contributed by atoms with van der Waals surface area (Å²) < 4.78 is 0. The van der Waals surface area contributed by atoms with Crippen LogP contribution in [0.3, 0.4) is 0 Å². The van der Waals surface area contributed by atoms with Gasteiger partial charge in [0.15, 0.2) is 0 Å². The van der Waals surface area contributed by atoms with Crippen LogP contribution in [0.15, 0.2) is 72.8 Å². The molecule has 5 rings (SSSR count). The normalized spacial score (nSPS) is 15.8. The maximum atomic E-state index is 10.1. The molecule has 0 fully saturated rings. The second-order valence-corrected chi connectivity index (χ2v) is 8.28. The highest BCUT2D eigenvalue weighted by molar-refractivity contribution is 6.25. The van der Waals surface area contributed by atoms with Crippen LogP contribution in [0.5, 0.6) is 0 Å². The third-order valence-electron chi connectivity index (χ3n) is 6.36. The van der Waals surface area contributed by atoms with Gasteiger partial charge in [0.1, 0.15) is 6.07 Å². The van der Waals surface area contributed by atoms with Crippen LogP contribution < -0.4 is 11.5 Å². The molecule has 2 aliphatic carbocycles. The fourth-order valence-corrected chi connectivity index (χ4v) is 4.88. The van der Waals surface area contributed by atoms with Gasteiger partial charge in [0, 0.05) is 57.0 Å². The molecule has 166 valence electrons. The van der Waals surface area contributed by atoms with Crippen molar-refractivity contribution in [3.63, 3.8) is 0 Å². The first-order valence-corrected chi connectivity index (χ1v) is 10.9. The van der Waals surface area contributed by atoms with Gasteiger partial charge >= 0.3 is 0 Å². The molecule has 3 aromatic rings. The number of benzene rings is 3. The minimum atomic E-state index is 0.430. The Morgan fingerprint density at radius 3 is 1.92 bits per heavy atom. The molecule has 0 bridgehead atoms. The molecule has 2 aliphatic rings. The molecule has 6 nitrogen and oxygen atoms in total. The molecule has 4 N–H and O–H groups in total. The predicted octanol–water partition coefficient (Wildman–Crippen LogP) is 5.24. The molecular formula is C30H16N6. The zero-order valence-corrected chi connectivity index (χ0v) is 18.9. The Morgan fingerprint density at radius 2 is 1.25 bits per heavy atom. The van der Waals surface area contributed by atoms with Gasteiger partial charge in [-0.25, -0.2) is 0 Å². The van der Waals surface area contributed by atoms with E-state index in [4.69, 9.17) is 11.5 Å². The van der Waals surface area contributed by atoms with Gasteiger partial charge in [0.05, 0.1) is 29.3 Å². The Balaban J connectivity index is 1.73. The molecular weight excluding hydrogens is 444 g/mol. The van der Waals surface area contributed by atoms with Gasteiger partial charge in [-0.2, -0.15) is 21.0 Å². The number of fused-ring (bicyclic) bond motifs is 2. The van der Waals surface area contributed by atoms with Crippen LogP contribution in [0.4, 0.5) is 5.69 Å². The third kappa shape index (κ3) is 3.24. The van der Waals surface area contributed by atoms with Gasteiger partial charge in [0.25, 0.3) is 0 Å². The molecule has 0 amide bonds. The topological polar surface area (TPSA) is 147 Å². The Kier molecular flexibility index (Phi) is 5.20. The van der Waals surface area contributed by atoms with Gasteiger partial charge in [-0.3, -0.25) is 0 Å². The Bertz CT molecular complexity index is 1790. The van der Waals surface area contributed by atoms with Gasteiger partial charge < -0.3 is 11.5 Å². The molecule has 36 heavy (non-hydrogen) atoms. The number of allylic oxidation sites excluding steroid dienone is 7. The van der Waals surface area contributed by atoms with E-state index in [-0.39, 0.29) is 0 Å². The number of hydrogen-bond donors (Lipinski definition) is 2. The second kappa shape index (κ2) is 8.51. The predicted molar refractivity (Wildman–Crippen MR) is 139 cm³/mol. The minimum Gasteiger partial charge on any atom is -0.399 e. The van der Waals surface area contributed by atoms with Gasteiger partial charge in [-0.15, -0.1) is 0 Å². The highest BCUT2D eigenvalue weighted by atomic mass is 14.6. The average molecular weight is 461 g/mol. The van der Waals surface area contributed by atoms with E-state index in [1.165, 1.54) is 12.2 Å². The molecule has 0 unspecified atom stereocenters. The van der Waals surface area contributed by atoms with Gasteiger partial charge in [0.2, 0.25) is 0 Å². The first-order valence-electron chi connectivity index (χ1n) is 10.9. The van der Waals surface area contributed by atoms with E-state index in [9.17, 15) is 21.0 Å². The summed E-state index contributed by atoms with van der Waals surface area (Å²) in [5.74, 6) is 0.